The highest BCUT2D eigenvalue weighted by Crippen LogP contribution is 2.30. The zero-order chi connectivity index (χ0) is 23.7. The summed E-state index contributed by atoms with van der Waals surface area (Å²) in [6, 6.07) is 10.2. The van der Waals surface area contributed by atoms with Gasteiger partial charge in [0.1, 0.15) is 11.8 Å². The zero-order valence-electron chi connectivity index (χ0n) is 18.2. The molecule has 9 nitrogen and oxygen atoms in total. The second-order valence-corrected chi connectivity index (χ2v) is 7.43. The smallest absolute Gasteiger partial charge is 0.311 e. The number of nitrogens with zero attached hydrogens (tertiary/aromatic N) is 2. The van der Waals surface area contributed by atoms with Crippen molar-refractivity contribution < 1.29 is 24.0 Å². The molecule has 0 heterocycles. The van der Waals surface area contributed by atoms with Crippen LogP contribution in [-0.2, 0) is 16.1 Å². The topological polar surface area (TPSA) is 111 Å². The second kappa shape index (κ2) is 11.9. The quantitative estimate of drug-likeness (QED) is 0.402. The largest absolute Gasteiger partial charge is 0.490 e. The first kappa shape index (κ1) is 24.9. The van der Waals surface area contributed by atoms with Crippen LogP contribution in [0.25, 0.3) is 0 Å². The molecule has 10 heteroatoms. The lowest BCUT2D eigenvalue weighted by molar-refractivity contribution is -0.385. The number of ether oxygens (including phenoxy) is 2. The molecule has 2 rings (SSSR count). The van der Waals surface area contributed by atoms with Crippen molar-refractivity contribution >= 4 is 29.1 Å². The lowest BCUT2D eigenvalue weighted by atomic mass is 10.1. The molecule has 0 aromatic heterocycles. The lowest BCUT2D eigenvalue weighted by Gasteiger charge is -2.28. The van der Waals surface area contributed by atoms with Crippen LogP contribution in [0.5, 0.6) is 11.5 Å². The molecule has 0 saturated carbocycles. The van der Waals surface area contributed by atoms with Crippen molar-refractivity contribution in [2.24, 2.45) is 0 Å². The van der Waals surface area contributed by atoms with Gasteiger partial charge in [0, 0.05) is 30.2 Å². The van der Waals surface area contributed by atoms with Gasteiger partial charge < -0.3 is 19.7 Å². The highest BCUT2D eigenvalue weighted by molar-refractivity contribution is 6.30. The van der Waals surface area contributed by atoms with Gasteiger partial charge in [-0.15, -0.1) is 0 Å². The van der Waals surface area contributed by atoms with Crippen LogP contribution in [-0.4, -0.2) is 47.9 Å². The van der Waals surface area contributed by atoms with Gasteiger partial charge >= 0.3 is 5.69 Å². The number of methoxy groups -OCH3 is 1. The minimum absolute atomic E-state index is 0.0167. The van der Waals surface area contributed by atoms with Crippen LogP contribution in [0.2, 0.25) is 5.02 Å². The van der Waals surface area contributed by atoms with Crippen LogP contribution in [0, 0.1) is 10.1 Å². The Hall–Kier alpha value is -3.33. The molecule has 0 saturated heterocycles. The fourth-order valence-electron chi connectivity index (χ4n) is 2.94. The molecule has 0 spiro atoms. The summed E-state index contributed by atoms with van der Waals surface area (Å²) < 4.78 is 10.6. The van der Waals surface area contributed by atoms with Gasteiger partial charge in [0.2, 0.25) is 11.7 Å². The third kappa shape index (κ3) is 6.84. The molecule has 0 aliphatic rings. The van der Waals surface area contributed by atoms with Gasteiger partial charge in [0.05, 0.1) is 12.0 Å². The van der Waals surface area contributed by atoms with E-state index in [0.717, 1.165) is 12.0 Å². The number of nitrogens with one attached hydrogen (secondary N) is 1. The van der Waals surface area contributed by atoms with Crippen LogP contribution < -0.4 is 14.8 Å². The van der Waals surface area contributed by atoms with Crippen molar-refractivity contribution in [1.29, 1.82) is 0 Å². The molecule has 2 aromatic carbocycles. The van der Waals surface area contributed by atoms with Gasteiger partial charge in [0.25, 0.3) is 5.91 Å². The maximum Gasteiger partial charge on any atom is 0.311 e. The number of nitro benzene ring substituents is 1. The van der Waals surface area contributed by atoms with Crippen LogP contribution in [0.15, 0.2) is 42.5 Å². The molecular weight excluding hydrogens is 438 g/mol. The Morgan fingerprint density at radius 1 is 1.25 bits per heavy atom. The molecule has 0 bridgehead atoms. The van der Waals surface area contributed by atoms with Crippen LogP contribution >= 0.6 is 11.6 Å². The summed E-state index contributed by atoms with van der Waals surface area (Å²) in [5.41, 5.74) is 0.549. The molecular formula is C22H26ClN3O6. The van der Waals surface area contributed by atoms with Crippen LogP contribution in [0.3, 0.4) is 0 Å². The summed E-state index contributed by atoms with van der Waals surface area (Å²) in [6.45, 7) is 3.87. The number of halogens is 1. The van der Waals surface area contributed by atoms with E-state index in [4.69, 9.17) is 21.1 Å². The Morgan fingerprint density at radius 3 is 2.62 bits per heavy atom. The predicted molar refractivity (Wildman–Crippen MR) is 120 cm³/mol. The number of benzene rings is 2. The molecule has 2 aromatic rings. The van der Waals surface area contributed by atoms with Crippen LogP contribution in [0.4, 0.5) is 5.69 Å². The minimum Gasteiger partial charge on any atom is -0.490 e. The Bertz CT molecular complexity index is 968. The number of rotatable bonds is 11. The molecule has 2 amide bonds. The average Bonchev–Trinajstić information content (AvgIpc) is 2.78. The molecule has 0 aliphatic heterocycles. The summed E-state index contributed by atoms with van der Waals surface area (Å²) in [6.07, 6.45) is 0.770. The fourth-order valence-corrected chi connectivity index (χ4v) is 3.15. The lowest BCUT2D eigenvalue weighted by Crippen LogP contribution is -2.49. The van der Waals surface area contributed by atoms with Gasteiger partial charge in [-0.25, -0.2) is 0 Å². The molecule has 1 N–H and O–H groups in total. The van der Waals surface area contributed by atoms with Gasteiger partial charge in [-0.1, -0.05) is 30.7 Å². The van der Waals surface area contributed by atoms with E-state index in [2.05, 4.69) is 5.32 Å². The number of carbonyl (C=O) groups excluding carboxylic acids is 2. The molecule has 0 fully saturated rings. The molecule has 32 heavy (non-hydrogen) atoms. The van der Waals surface area contributed by atoms with Crippen molar-refractivity contribution in [3.63, 3.8) is 0 Å². The summed E-state index contributed by atoms with van der Waals surface area (Å²) in [7, 11) is 1.31. The summed E-state index contributed by atoms with van der Waals surface area (Å²) in [5, 5.41) is 14.3. The summed E-state index contributed by atoms with van der Waals surface area (Å²) in [4.78, 5) is 37.4. The van der Waals surface area contributed by atoms with E-state index in [-0.39, 0.29) is 36.2 Å². The Balaban J connectivity index is 2.18. The number of hydrogen-bond donors (Lipinski definition) is 1. The average molecular weight is 464 g/mol. The van der Waals surface area contributed by atoms with E-state index < -0.39 is 16.9 Å². The zero-order valence-corrected chi connectivity index (χ0v) is 18.9. The van der Waals surface area contributed by atoms with E-state index in [0.29, 0.717) is 11.6 Å². The number of nitro groups is 1. The molecule has 0 aliphatic carbocycles. The maximum absolute atomic E-state index is 13.0. The first-order valence-corrected chi connectivity index (χ1v) is 10.4. The Labute approximate surface area is 191 Å². The number of hydrogen-bond acceptors (Lipinski definition) is 6. The minimum atomic E-state index is -0.747. The van der Waals surface area contributed by atoms with Crippen molar-refractivity contribution in [2.45, 2.75) is 32.9 Å². The van der Waals surface area contributed by atoms with E-state index in [1.807, 2.05) is 13.0 Å². The third-order valence-corrected chi connectivity index (χ3v) is 4.90. The number of amides is 2. The van der Waals surface area contributed by atoms with E-state index in [1.165, 1.54) is 30.2 Å². The fraction of sp³-hybridized carbons (Fsp3) is 0.364. The normalized spacial score (nSPS) is 11.4. The van der Waals surface area contributed by atoms with Gasteiger partial charge in [-0.2, -0.15) is 0 Å². The first-order chi connectivity index (χ1) is 15.3. The monoisotopic (exact) mass is 463 g/mol. The third-order valence-electron chi connectivity index (χ3n) is 4.67. The molecule has 0 radical (unpaired) electrons. The molecule has 1 unspecified atom stereocenters. The SMILES string of the molecule is CCCNC(=O)C(C)N(Cc1cccc(Cl)c1)C(=O)COc1ccc([N+](=O)[O-])c(OC)c1. The first-order valence-electron chi connectivity index (χ1n) is 10.0. The van der Waals surface area contributed by atoms with Gasteiger partial charge in [-0.05, 0) is 37.1 Å². The summed E-state index contributed by atoms with van der Waals surface area (Å²) in [5.74, 6) is -0.463. The second-order valence-electron chi connectivity index (χ2n) is 7.00. The Kier molecular flexibility index (Phi) is 9.27. The summed E-state index contributed by atoms with van der Waals surface area (Å²) >= 11 is 6.06. The van der Waals surface area contributed by atoms with Crippen molar-refractivity contribution in [1.82, 2.24) is 10.2 Å². The highest BCUT2D eigenvalue weighted by Gasteiger charge is 2.26. The van der Waals surface area contributed by atoms with E-state index >= 15 is 0 Å². The van der Waals surface area contributed by atoms with E-state index in [1.54, 1.807) is 25.1 Å². The van der Waals surface area contributed by atoms with Crippen molar-refractivity contribution in [3.05, 3.63) is 63.2 Å². The molecule has 172 valence electrons. The van der Waals surface area contributed by atoms with E-state index in [9.17, 15) is 19.7 Å². The highest BCUT2D eigenvalue weighted by atomic mass is 35.5. The number of carbonyl (C=O) groups is 2. The standard InChI is InChI=1S/C22H26ClN3O6/c1-4-10-24-22(28)15(2)25(13-16-6-5-7-17(23)11-16)21(27)14-32-18-8-9-19(26(29)30)20(12-18)31-3/h5-9,11-12,15H,4,10,13-14H2,1-3H3,(H,24,28). The van der Waals surface area contributed by atoms with Crippen molar-refractivity contribution in [2.75, 3.05) is 20.3 Å². The van der Waals surface area contributed by atoms with Gasteiger partial charge in [-0.3, -0.25) is 19.7 Å². The predicted octanol–water partition coefficient (Wildman–Crippen LogP) is 3.58. The maximum atomic E-state index is 13.0. The Morgan fingerprint density at radius 2 is 2.00 bits per heavy atom. The van der Waals surface area contributed by atoms with Crippen molar-refractivity contribution in [3.8, 4) is 11.5 Å². The van der Waals surface area contributed by atoms with Gasteiger partial charge in [0.15, 0.2) is 6.61 Å². The van der Waals surface area contributed by atoms with Crippen LogP contribution in [0.1, 0.15) is 25.8 Å². The molecule has 1 atom stereocenters.